The van der Waals surface area contributed by atoms with Crippen molar-refractivity contribution in [1.82, 2.24) is 4.90 Å². The lowest BCUT2D eigenvalue weighted by Gasteiger charge is -2.14. The van der Waals surface area contributed by atoms with Crippen molar-refractivity contribution in [3.05, 3.63) is 35.9 Å². The van der Waals surface area contributed by atoms with Gasteiger partial charge in [-0.15, -0.1) is 0 Å². The van der Waals surface area contributed by atoms with E-state index < -0.39 is 0 Å². The summed E-state index contributed by atoms with van der Waals surface area (Å²) in [6, 6.07) is 9.55. The highest BCUT2D eigenvalue weighted by Gasteiger charge is 2.18. The van der Waals surface area contributed by atoms with Crippen LogP contribution in [0.2, 0.25) is 0 Å². The molecule has 1 aliphatic heterocycles. The van der Waals surface area contributed by atoms with Gasteiger partial charge in [0.15, 0.2) is 5.78 Å². The summed E-state index contributed by atoms with van der Waals surface area (Å²) in [5.41, 5.74) is 0.834. The second-order valence-corrected chi connectivity index (χ2v) is 5.37. The molecule has 3 heteroatoms. The minimum absolute atomic E-state index is 0.257. The van der Waals surface area contributed by atoms with Crippen LogP contribution in [0.15, 0.2) is 30.3 Å². The van der Waals surface area contributed by atoms with Crippen molar-refractivity contribution >= 4 is 18.4 Å². The Bertz CT molecular complexity index is 366. The normalized spacial score (nSPS) is 20.6. The van der Waals surface area contributed by atoms with E-state index in [4.69, 9.17) is 0 Å². The molecule has 0 bridgehead atoms. The van der Waals surface area contributed by atoms with E-state index in [0.717, 1.165) is 31.6 Å². The lowest BCUT2D eigenvalue weighted by atomic mass is 10.1. The van der Waals surface area contributed by atoms with E-state index in [1.165, 1.54) is 6.42 Å². The number of carbonyl (C=O) groups is 1. The van der Waals surface area contributed by atoms with Crippen LogP contribution in [-0.4, -0.2) is 35.6 Å². The Morgan fingerprint density at radius 3 is 2.76 bits per heavy atom. The number of thiol groups is 1. The maximum atomic E-state index is 11.8. The van der Waals surface area contributed by atoms with E-state index in [0.29, 0.717) is 11.7 Å². The lowest BCUT2D eigenvalue weighted by Crippen LogP contribution is -2.22. The molecule has 1 saturated heterocycles. The number of benzene rings is 1. The quantitative estimate of drug-likeness (QED) is 0.639. The zero-order valence-corrected chi connectivity index (χ0v) is 10.9. The number of carbonyl (C=O) groups excluding carboxylic acids is 1. The fourth-order valence-electron chi connectivity index (χ4n) is 2.25. The Labute approximate surface area is 108 Å². The van der Waals surface area contributed by atoms with Gasteiger partial charge in [-0.3, -0.25) is 4.79 Å². The average molecular weight is 249 g/mol. The molecule has 0 aliphatic carbocycles. The zero-order valence-electron chi connectivity index (χ0n) is 10.0. The zero-order chi connectivity index (χ0) is 12.1. The molecular formula is C14H19NOS. The van der Waals surface area contributed by atoms with E-state index in [1.54, 1.807) is 0 Å². The van der Waals surface area contributed by atoms with Crippen molar-refractivity contribution in [3.8, 4) is 0 Å². The Balaban J connectivity index is 1.70. The molecule has 1 aliphatic rings. The molecule has 0 amide bonds. The van der Waals surface area contributed by atoms with Gasteiger partial charge in [-0.05, 0) is 25.9 Å². The molecule has 0 saturated carbocycles. The molecule has 1 heterocycles. The van der Waals surface area contributed by atoms with Gasteiger partial charge >= 0.3 is 0 Å². The van der Waals surface area contributed by atoms with Gasteiger partial charge in [-0.25, -0.2) is 0 Å². The Morgan fingerprint density at radius 2 is 2.12 bits per heavy atom. The number of likely N-dealkylation sites (tertiary alicyclic amines) is 1. The minimum Gasteiger partial charge on any atom is -0.302 e. The van der Waals surface area contributed by atoms with Crippen LogP contribution in [0.5, 0.6) is 0 Å². The van der Waals surface area contributed by atoms with Crippen LogP contribution in [0.4, 0.5) is 0 Å². The summed E-state index contributed by atoms with van der Waals surface area (Å²) >= 11 is 4.46. The summed E-state index contributed by atoms with van der Waals surface area (Å²) in [7, 11) is 0. The number of nitrogens with zero attached hydrogens (tertiary/aromatic N) is 1. The summed E-state index contributed by atoms with van der Waals surface area (Å²) in [5.74, 6) is 0.257. The Morgan fingerprint density at radius 1 is 1.35 bits per heavy atom. The van der Waals surface area contributed by atoms with Crippen LogP contribution in [0, 0.1) is 0 Å². The van der Waals surface area contributed by atoms with Gasteiger partial charge in [0.05, 0.1) is 0 Å². The van der Waals surface area contributed by atoms with Crippen molar-refractivity contribution in [2.45, 2.75) is 24.5 Å². The van der Waals surface area contributed by atoms with Gasteiger partial charge in [0.25, 0.3) is 0 Å². The molecule has 1 fully saturated rings. The molecule has 0 N–H and O–H groups in total. The molecule has 0 unspecified atom stereocenters. The smallest absolute Gasteiger partial charge is 0.162 e. The average Bonchev–Trinajstić information content (AvgIpc) is 2.76. The van der Waals surface area contributed by atoms with Gasteiger partial charge in [0, 0.05) is 23.8 Å². The third kappa shape index (κ3) is 3.86. The fraction of sp³-hybridized carbons (Fsp3) is 0.500. The summed E-state index contributed by atoms with van der Waals surface area (Å²) < 4.78 is 0. The van der Waals surface area contributed by atoms with Crippen LogP contribution in [0.1, 0.15) is 29.6 Å². The SMILES string of the molecule is O=C(CCCN1CC[C@H](S)C1)c1ccccc1. The van der Waals surface area contributed by atoms with Crippen LogP contribution >= 0.6 is 12.6 Å². The number of Topliss-reactive ketones (excluding diaryl/α,β-unsaturated/α-hetero) is 1. The minimum atomic E-state index is 0.257. The molecule has 0 radical (unpaired) electrons. The van der Waals surface area contributed by atoms with Gasteiger partial charge < -0.3 is 4.90 Å². The topological polar surface area (TPSA) is 20.3 Å². The first kappa shape index (κ1) is 12.7. The molecule has 1 aromatic carbocycles. The standard InChI is InChI=1S/C14H19NOS/c16-14(12-5-2-1-3-6-12)7-4-9-15-10-8-13(17)11-15/h1-3,5-6,13,17H,4,7-11H2/t13-/m0/s1. The molecule has 92 valence electrons. The third-order valence-corrected chi connectivity index (χ3v) is 3.64. The highest BCUT2D eigenvalue weighted by atomic mass is 32.1. The van der Waals surface area contributed by atoms with Gasteiger partial charge in [0.1, 0.15) is 0 Å². The summed E-state index contributed by atoms with van der Waals surface area (Å²) in [5, 5.41) is 0.528. The maximum Gasteiger partial charge on any atom is 0.162 e. The first-order valence-electron chi connectivity index (χ1n) is 6.24. The number of hydrogen-bond acceptors (Lipinski definition) is 3. The molecule has 1 atom stereocenters. The molecular weight excluding hydrogens is 230 g/mol. The van der Waals surface area contributed by atoms with E-state index >= 15 is 0 Å². The first-order chi connectivity index (χ1) is 8.25. The van der Waals surface area contributed by atoms with Gasteiger partial charge in [-0.1, -0.05) is 30.3 Å². The number of ketones is 1. The molecule has 2 nitrogen and oxygen atoms in total. The van der Waals surface area contributed by atoms with Gasteiger partial charge in [-0.2, -0.15) is 12.6 Å². The van der Waals surface area contributed by atoms with Crippen LogP contribution < -0.4 is 0 Å². The molecule has 1 aromatic rings. The third-order valence-electron chi connectivity index (χ3n) is 3.22. The van der Waals surface area contributed by atoms with Crippen molar-refractivity contribution in [2.24, 2.45) is 0 Å². The molecule has 17 heavy (non-hydrogen) atoms. The molecule has 0 aromatic heterocycles. The lowest BCUT2D eigenvalue weighted by molar-refractivity contribution is 0.0976. The molecule has 2 rings (SSSR count). The van der Waals surface area contributed by atoms with Crippen LogP contribution in [0.25, 0.3) is 0 Å². The van der Waals surface area contributed by atoms with E-state index in [9.17, 15) is 4.79 Å². The highest BCUT2D eigenvalue weighted by Crippen LogP contribution is 2.15. The first-order valence-corrected chi connectivity index (χ1v) is 6.76. The Hall–Kier alpha value is -0.800. The van der Waals surface area contributed by atoms with Crippen molar-refractivity contribution < 1.29 is 4.79 Å². The fourth-order valence-corrected chi connectivity index (χ4v) is 2.59. The van der Waals surface area contributed by atoms with E-state index in [-0.39, 0.29) is 5.78 Å². The number of rotatable bonds is 5. The monoisotopic (exact) mass is 249 g/mol. The van der Waals surface area contributed by atoms with Crippen molar-refractivity contribution in [1.29, 1.82) is 0 Å². The maximum absolute atomic E-state index is 11.8. The molecule has 0 spiro atoms. The van der Waals surface area contributed by atoms with Crippen LogP contribution in [0.3, 0.4) is 0 Å². The van der Waals surface area contributed by atoms with E-state index in [1.807, 2.05) is 30.3 Å². The van der Waals surface area contributed by atoms with Crippen LogP contribution in [-0.2, 0) is 0 Å². The van der Waals surface area contributed by atoms with E-state index in [2.05, 4.69) is 17.5 Å². The van der Waals surface area contributed by atoms with Crippen molar-refractivity contribution in [3.63, 3.8) is 0 Å². The predicted molar refractivity (Wildman–Crippen MR) is 73.8 cm³/mol. The highest BCUT2D eigenvalue weighted by molar-refractivity contribution is 7.81. The van der Waals surface area contributed by atoms with Gasteiger partial charge in [0.2, 0.25) is 0 Å². The predicted octanol–water partition coefficient (Wildman–Crippen LogP) is 2.65. The second kappa shape index (κ2) is 6.22. The summed E-state index contributed by atoms with van der Waals surface area (Å²) in [6.07, 6.45) is 2.78. The van der Waals surface area contributed by atoms with Crippen molar-refractivity contribution in [2.75, 3.05) is 19.6 Å². The largest absolute Gasteiger partial charge is 0.302 e. The summed E-state index contributed by atoms with van der Waals surface area (Å²) in [6.45, 7) is 3.23. The number of hydrogen-bond donors (Lipinski definition) is 1. The second-order valence-electron chi connectivity index (χ2n) is 4.64. The Kier molecular flexibility index (Phi) is 4.63. The summed E-state index contributed by atoms with van der Waals surface area (Å²) in [4.78, 5) is 14.2.